The topological polar surface area (TPSA) is 162 Å². The van der Waals surface area contributed by atoms with E-state index >= 15 is 0 Å². The van der Waals surface area contributed by atoms with Crippen LogP contribution < -0.4 is 10.5 Å². The molecule has 1 aromatic carbocycles. The van der Waals surface area contributed by atoms with Crippen molar-refractivity contribution in [2.24, 2.45) is 5.73 Å². The smallest absolute Gasteiger partial charge is 0.314 e. The highest BCUT2D eigenvalue weighted by atomic mass is 16.6. The number of nitriles is 1. The number of phenolic OH excluding ortho intramolecular Hbond substituents is 1. The summed E-state index contributed by atoms with van der Waals surface area (Å²) in [5.41, 5.74) is 5.79. The second-order valence-corrected chi connectivity index (χ2v) is 7.38. The summed E-state index contributed by atoms with van der Waals surface area (Å²) < 4.78 is 16.4. The first-order chi connectivity index (χ1) is 15.3. The number of benzene rings is 1. The summed E-state index contributed by atoms with van der Waals surface area (Å²) >= 11 is 0. The van der Waals surface area contributed by atoms with Crippen LogP contribution >= 0.6 is 0 Å². The summed E-state index contributed by atoms with van der Waals surface area (Å²) in [4.78, 5) is 24.0. The zero-order valence-corrected chi connectivity index (χ0v) is 17.0. The van der Waals surface area contributed by atoms with Crippen molar-refractivity contribution in [1.82, 2.24) is 0 Å². The van der Waals surface area contributed by atoms with Gasteiger partial charge in [0.2, 0.25) is 11.6 Å². The zero-order valence-electron chi connectivity index (χ0n) is 17.0. The maximum atomic E-state index is 13.2. The fourth-order valence-electron chi connectivity index (χ4n) is 4.15. The number of Topliss-reactive ketones (excluding diaryl/α,β-unsaturated/α-hetero) is 1. The third-order valence-electron chi connectivity index (χ3n) is 5.51. The van der Waals surface area contributed by atoms with Gasteiger partial charge in [0.25, 0.3) is 0 Å². The van der Waals surface area contributed by atoms with E-state index in [-0.39, 0.29) is 58.8 Å². The molecule has 3 N–H and O–H groups in total. The van der Waals surface area contributed by atoms with Crippen LogP contribution in [0.1, 0.15) is 42.9 Å². The number of hydrogen-bond donors (Lipinski definition) is 2. The Bertz CT molecular complexity index is 1200. The van der Waals surface area contributed by atoms with Crippen LogP contribution in [0.3, 0.4) is 0 Å². The minimum absolute atomic E-state index is 0.0454. The van der Waals surface area contributed by atoms with Crippen LogP contribution in [0.15, 0.2) is 57.7 Å². The van der Waals surface area contributed by atoms with Gasteiger partial charge in [-0.15, -0.1) is 0 Å². The Balaban J connectivity index is 1.88. The first-order valence-electron chi connectivity index (χ1n) is 9.87. The van der Waals surface area contributed by atoms with Crippen molar-refractivity contribution in [3.05, 3.63) is 74.8 Å². The third kappa shape index (κ3) is 3.43. The fraction of sp³-hybridized carbons (Fsp3) is 0.273. The number of carbonyl (C=O) groups excluding carboxylic acids is 1. The third-order valence-corrected chi connectivity index (χ3v) is 5.51. The van der Waals surface area contributed by atoms with E-state index in [1.165, 1.54) is 12.3 Å². The molecule has 0 unspecified atom stereocenters. The summed E-state index contributed by atoms with van der Waals surface area (Å²) in [6, 6.07) is 7.95. The Morgan fingerprint density at radius 2 is 2.19 bits per heavy atom. The standard InChI is InChI=1S/C22H19N3O7/c1-2-30-18-9-12(6-14(21(18)27)25(28)29)19-13(10-23)22(24)32-17-8-11(7-15(26)20(17)19)16-4-3-5-31-16/h3-6,9,11,19,27H,2,7-8,24H2,1H3/t11-,19+/m0/s1. The Morgan fingerprint density at radius 1 is 1.41 bits per heavy atom. The molecule has 32 heavy (non-hydrogen) atoms. The first kappa shape index (κ1) is 21.0. The lowest BCUT2D eigenvalue weighted by atomic mass is 9.74. The second-order valence-electron chi connectivity index (χ2n) is 7.38. The molecular formula is C22H19N3O7. The molecule has 2 aromatic rings. The average molecular weight is 437 g/mol. The lowest BCUT2D eigenvalue weighted by Crippen LogP contribution is -2.29. The van der Waals surface area contributed by atoms with E-state index < -0.39 is 22.3 Å². The monoisotopic (exact) mass is 437 g/mol. The van der Waals surface area contributed by atoms with Gasteiger partial charge < -0.3 is 24.7 Å². The number of phenols is 1. The molecule has 0 spiro atoms. The highest BCUT2D eigenvalue weighted by Crippen LogP contribution is 2.49. The molecule has 0 saturated heterocycles. The van der Waals surface area contributed by atoms with Gasteiger partial charge in [-0.05, 0) is 30.7 Å². The first-order valence-corrected chi connectivity index (χ1v) is 9.87. The molecule has 0 bridgehead atoms. The SMILES string of the molecule is CCOc1cc([C@@H]2C(C#N)=C(N)OC3=C2C(=O)C[C@H](c2ccco2)C3)cc([N+](=O)[O-])c1O. The maximum Gasteiger partial charge on any atom is 0.314 e. The van der Waals surface area contributed by atoms with E-state index in [2.05, 4.69) is 0 Å². The molecule has 4 rings (SSSR count). The quantitative estimate of drug-likeness (QED) is 0.526. The van der Waals surface area contributed by atoms with Crippen molar-refractivity contribution < 1.29 is 28.7 Å². The molecule has 1 aliphatic carbocycles. The Kier molecular flexibility index (Phi) is 5.32. The summed E-state index contributed by atoms with van der Waals surface area (Å²) in [5, 5.41) is 31.5. The normalized spacial score (nSPS) is 20.4. The minimum atomic E-state index is -0.993. The molecule has 2 heterocycles. The van der Waals surface area contributed by atoms with Crippen molar-refractivity contribution in [3.8, 4) is 17.6 Å². The molecular weight excluding hydrogens is 418 g/mol. The summed E-state index contributed by atoms with van der Waals surface area (Å²) in [5.74, 6) is -1.57. The van der Waals surface area contributed by atoms with Crippen LogP contribution in [0.4, 0.5) is 5.69 Å². The number of rotatable bonds is 5. The van der Waals surface area contributed by atoms with Crippen molar-refractivity contribution in [1.29, 1.82) is 5.26 Å². The molecule has 10 heteroatoms. The van der Waals surface area contributed by atoms with Gasteiger partial charge in [0.1, 0.15) is 23.2 Å². The van der Waals surface area contributed by atoms with Crippen LogP contribution in [0.25, 0.3) is 0 Å². The predicted octanol–water partition coefficient (Wildman–Crippen LogP) is 3.50. The Morgan fingerprint density at radius 3 is 2.81 bits per heavy atom. The van der Waals surface area contributed by atoms with Gasteiger partial charge in [0.05, 0.1) is 23.7 Å². The van der Waals surface area contributed by atoms with Gasteiger partial charge in [0.15, 0.2) is 11.5 Å². The van der Waals surface area contributed by atoms with Crippen molar-refractivity contribution in [2.75, 3.05) is 6.61 Å². The van der Waals surface area contributed by atoms with Crippen molar-refractivity contribution in [2.45, 2.75) is 31.6 Å². The van der Waals surface area contributed by atoms with E-state index in [1.54, 1.807) is 19.1 Å². The number of nitrogens with two attached hydrogens (primary N) is 1. The van der Waals surface area contributed by atoms with Gasteiger partial charge in [-0.1, -0.05) is 0 Å². The van der Waals surface area contributed by atoms with Gasteiger partial charge in [-0.25, -0.2) is 0 Å². The summed E-state index contributed by atoms with van der Waals surface area (Å²) in [6.07, 6.45) is 1.94. The molecule has 2 aliphatic rings. The maximum absolute atomic E-state index is 13.2. The number of furan rings is 1. The van der Waals surface area contributed by atoms with E-state index in [0.29, 0.717) is 12.2 Å². The number of allylic oxidation sites excluding steroid dienone is 3. The Labute approximate surface area is 182 Å². The van der Waals surface area contributed by atoms with Gasteiger partial charge >= 0.3 is 5.69 Å². The van der Waals surface area contributed by atoms with Crippen LogP contribution in [-0.4, -0.2) is 22.4 Å². The van der Waals surface area contributed by atoms with Crippen LogP contribution in [0.2, 0.25) is 0 Å². The van der Waals surface area contributed by atoms with Crippen molar-refractivity contribution >= 4 is 11.5 Å². The number of ketones is 1. The molecule has 2 atom stereocenters. The van der Waals surface area contributed by atoms with Gasteiger partial charge in [-0.3, -0.25) is 14.9 Å². The van der Waals surface area contributed by atoms with E-state index in [4.69, 9.17) is 19.6 Å². The number of ether oxygens (including phenoxy) is 2. The number of carbonyl (C=O) groups is 1. The van der Waals surface area contributed by atoms with Crippen LogP contribution in [0, 0.1) is 21.4 Å². The molecule has 0 amide bonds. The molecule has 10 nitrogen and oxygen atoms in total. The average Bonchev–Trinajstić information content (AvgIpc) is 3.29. The number of nitro groups is 1. The molecule has 0 saturated carbocycles. The molecule has 164 valence electrons. The molecule has 1 aliphatic heterocycles. The number of nitrogens with zero attached hydrogens (tertiary/aromatic N) is 2. The summed E-state index contributed by atoms with van der Waals surface area (Å²) in [6.45, 7) is 1.80. The lowest BCUT2D eigenvalue weighted by Gasteiger charge is -2.33. The van der Waals surface area contributed by atoms with E-state index in [9.17, 15) is 25.3 Å². The van der Waals surface area contributed by atoms with Crippen molar-refractivity contribution in [3.63, 3.8) is 0 Å². The van der Waals surface area contributed by atoms with Gasteiger partial charge in [-0.2, -0.15) is 5.26 Å². The second kappa shape index (κ2) is 8.11. The van der Waals surface area contributed by atoms with E-state index in [0.717, 1.165) is 6.07 Å². The summed E-state index contributed by atoms with van der Waals surface area (Å²) in [7, 11) is 0. The fourth-order valence-corrected chi connectivity index (χ4v) is 4.15. The number of hydrogen-bond acceptors (Lipinski definition) is 9. The zero-order chi connectivity index (χ0) is 23.0. The van der Waals surface area contributed by atoms with Crippen LogP contribution in [0.5, 0.6) is 11.5 Å². The number of nitro benzene ring substituents is 1. The molecule has 0 fully saturated rings. The predicted molar refractivity (Wildman–Crippen MR) is 109 cm³/mol. The Hall–Kier alpha value is -4.26. The van der Waals surface area contributed by atoms with Gasteiger partial charge in [0, 0.05) is 30.4 Å². The number of aromatic hydroxyl groups is 1. The largest absolute Gasteiger partial charge is 0.500 e. The van der Waals surface area contributed by atoms with Crippen LogP contribution in [-0.2, 0) is 9.53 Å². The van der Waals surface area contributed by atoms with E-state index in [1.807, 2.05) is 6.07 Å². The highest BCUT2D eigenvalue weighted by Gasteiger charge is 2.42. The molecule has 0 radical (unpaired) electrons. The highest BCUT2D eigenvalue weighted by molar-refractivity contribution is 6.00. The minimum Gasteiger partial charge on any atom is -0.500 e. The molecule has 1 aromatic heterocycles. The lowest BCUT2D eigenvalue weighted by molar-refractivity contribution is -0.386.